The fourth-order valence-electron chi connectivity index (χ4n) is 3.88. The van der Waals surface area contributed by atoms with Crippen LogP contribution in [0.25, 0.3) is 0 Å². The normalized spacial score (nSPS) is 16.7. The number of amides is 1. The van der Waals surface area contributed by atoms with Crippen molar-refractivity contribution < 1.29 is 64.6 Å². The van der Waals surface area contributed by atoms with Gasteiger partial charge in [-0.3, -0.25) is 4.79 Å². The van der Waals surface area contributed by atoms with Gasteiger partial charge in [0.25, 0.3) is 0 Å². The molecule has 1 aliphatic rings. The zero-order valence-corrected chi connectivity index (χ0v) is 21.2. The van der Waals surface area contributed by atoms with Gasteiger partial charge in [0.1, 0.15) is 0 Å². The van der Waals surface area contributed by atoms with Crippen LogP contribution < -0.4 is 51.4 Å². The van der Waals surface area contributed by atoms with Gasteiger partial charge < -0.3 is 17.9 Å². The van der Waals surface area contributed by atoms with Crippen molar-refractivity contribution in [3.8, 4) is 0 Å². The van der Waals surface area contributed by atoms with Crippen LogP contribution in [0.5, 0.6) is 0 Å². The van der Waals surface area contributed by atoms with Gasteiger partial charge >= 0.3 is 51.4 Å². The van der Waals surface area contributed by atoms with E-state index in [0.717, 1.165) is 24.8 Å². The van der Waals surface area contributed by atoms with Crippen molar-refractivity contribution >= 4 is 16.6 Å². The first-order valence-corrected chi connectivity index (χ1v) is 10.7. The second-order valence-corrected chi connectivity index (χ2v) is 8.24. The largest absolute Gasteiger partial charge is 1.00 e. The number of carbonyl (C=O) groups excluding carboxylic acids is 1. The van der Waals surface area contributed by atoms with Gasteiger partial charge in [-0.15, -0.1) is 0 Å². The Labute approximate surface area is 216 Å². The molecule has 0 fully saturated rings. The summed E-state index contributed by atoms with van der Waals surface area (Å²) < 4.78 is 24.3. The number of imidazole rings is 1. The standard InChI is InChI=1S/C21H26N3O3S.K/c1-3-18(23-12-10-22-15-23)14-19(24-11-4-5-21(24)25)13-16(2)17-6-8-20(9-7-17)28(26)27;/h4-10,12,15-16,18-19H,3,11,13-14H2,1-2H3;/q-1;+1. The van der Waals surface area contributed by atoms with Gasteiger partial charge in [-0.25, -0.2) is 4.98 Å². The average Bonchev–Trinajstić information content (AvgIpc) is 3.37. The van der Waals surface area contributed by atoms with Crippen LogP contribution in [0.2, 0.25) is 0 Å². The molecule has 0 saturated heterocycles. The van der Waals surface area contributed by atoms with Gasteiger partial charge in [-0.05, 0) is 41.4 Å². The number of carbonyl (C=O) groups is 1. The number of benzene rings is 1. The van der Waals surface area contributed by atoms with Crippen LogP contribution in [0.3, 0.4) is 0 Å². The summed E-state index contributed by atoms with van der Waals surface area (Å²) in [6, 6.07) is 7.37. The molecule has 8 heteroatoms. The van der Waals surface area contributed by atoms with Crippen LogP contribution in [-0.4, -0.2) is 32.9 Å². The molecule has 0 radical (unpaired) electrons. The number of aromatic nitrogens is 2. The van der Waals surface area contributed by atoms with Crippen molar-refractivity contribution in [2.24, 2.45) is 0 Å². The van der Waals surface area contributed by atoms with E-state index in [4.69, 9.17) is 0 Å². The van der Waals surface area contributed by atoms with E-state index in [1.54, 1.807) is 24.4 Å². The fraction of sp³-hybridized carbons (Fsp3) is 0.429. The van der Waals surface area contributed by atoms with Crippen molar-refractivity contribution in [1.29, 1.82) is 0 Å². The van der Waals surface area contributed by atoms with E-state index in [9.17, 15) is 13.2 Å². The Kier molecular flexibility index (Phi) is 9.78. The van der Waals surface area contributed by atoms with Crippen LogP contribution in [0, 0.1) is 0 Å². The maximum absolute atomic E-state index is 12.4. The summed E-state index contributed by atoms with van der Waals surface area (Å²) in [7, 11) is -2.21. The Morgan fingerprint density at radius 3 is 2.38 bits per heavy atom. The molecule has 0 N–H and O–H groups in total. The molecule has 1 aliphatic heterocycles. The van der Waals surface area contributed by atoms with Crippen LogP contribution in [-0.2, 0) is 23.9 Å². The third kappa shape index (κ3) is 6.35. The Morgan fingerprint density at radius 2 is 1.86 bits per heavy atom. The van der Waals surface area contributed by atoms with Gasteiger partial charge in [0.2, 0.25) is 5.91 Å². The zero-order chi connectivity index (χ0) is 20.1. The topological polar surface area (TPSA) is 72.3 Å². The maximum Gasteiger partial charge on any atom is 1.00 e. The van der Waals surface area contributed by atoms with Crippen LogP contribution in [0.4, 0.5) is 0 Å². The number of hydrogen-bond donors (Lipinski definition) is 0. The van der Waals surface area contributed by atoms with Crippen molar-refractivity contribution in [3.63, 3.8) is 0 Å². The monoisotopic (exact) mass is 439 g/mol. The zero-order valence-electron chi connectivity index (χ0n) is 17.2. The molecule has 0 bridgehead atoms. The molecule has 2 aromatic rings. The average molecular weight is 440 g/mol. The number of rotatable bonds is 9. The second kappa shape index (κ2) is 11.6. The van der Waals surface area contributed by atoms with E-state index in [1.165, 1.54) is 0 Å². The molecule has 6 nitrogen and oxygen atoms in total. The van der Waals surface area contributed by atoms with E-state index in [2.05, 4.69) is 23.4 Å². The molecule has 0 spiro atoms. The molecule has 150 valence electrons. The molecule has 1 aromatic carbocycles. The first kappa shape index (κ1) is 24.5. The van der Waals surface area contributed by atoms with Gasteiger partial charge in [0, 0.05) is 37.1 Å². The van der Waals surface area contributed by atoms with E-state index < -0.39 is 10.7 Å². The first-order valence-electron chi connectivity index (χ1n) is 9.63. The Bertz CT molecular complexity index is 886. The molecular formula is C21H26KN3O3S. The molecule has 3 atom stereocenters. The molecule has 2 heterocycles. The van der Waals surface area contributed by atoms with Crippen molar-refractivity contribution in [1.82, 2.24) is 14.5 Å². The van der Waals surface area contributed by atoms with Crippen LogP contribution in [0.1, 0.15) is 50.6 Å². The first-order chi connectivity index (χ1) is 13.5. The van der Waals surface area contributed by atoms with E-state index >= 15 is 0 Å². The molecule has 0 aliphatic carbocycles. The smallest absolute Gasteiger partial charge is 0.420 e. The summed E-state index contributed by atoms with van der Waals surface area (Å²) in [4.78, 5) is 18.8. The van der Waals surface area contributed by atoms with Crippen molar-refractivity contribution in [2.75, 3.05) is 6.54 Å². The predicted octanol–water partition coefficient (Wildman–Crippen LogP) is 0.857. The summed E-state index contributed by atoms with van der Waals surface area (Å²) in [5, 5.41) is 0. The molecule has 3 unspecified atom stereocenters. The van der Waals surface area contributed by atoms with Crippen molar-refractivity contribution in [3.05, 3.63) is 60.7 Å². The van der Waals surface area contributed by atoms with E-state index in [-0.39, 0.29) is 80.2 Å². The summed E-state index contributed by atoms with van der Waals surface area (Å²) in [6.45, 7) is 4.92. The van der Waals surface area contributed by atoms with Crippen LogP contribution in [0.15, 0.2) is 60.0 Å². The SMILES string of the molecule is CCC(CC(CC(C)c1ccc([S-](=O)=O)cc1)N1CC=CC1=O)n1ccnc1.[K+]. The van der Waals surface area contributed by atoms with Gasteiger partial charge in [0.05, 0.1) is 6.33 Å². The third-order valence-corrected chi connectivity index (χ3v) is 6.17. The van der Waals surface area contributed by atoms with E-state index in [1.807, 2.05) is 35.6 Å². The van der Waals surface area contributed by atoms with Crippen molar-refractivity contribution in [2.45, 2.75) is 56.0 Å². The molecule has 3 rings (SSSR count). The van der Waals surface area contributed by atoms with E-state index in [0.29, 0.717) is 6.54 Å². The minimum absolute atomic E-state index is 0. The maximum atomic E-state index is 12.4. The number of hydrogen-bond acceptors (Lipinski definition) is 5. The molecular weight excluding hydrogens is 413 g/mol. The quantitative estimate of drug-likeness (QED) is 0.429. The van der Waals surface area contributed by atoms with Gasteiger partial charge in [0.15, 0.2) is 0 Å². The molecule has 1 aromatic heterocycles. The molecule has 0 saturated carbocycles. The summed E-state index contributed by atoms with van der Waals surface area (Å²) in [5.41, 5.74) is 1.08. The summed E-state index contributed by atoms with van der Waals surface area (Å²) in [6.07, 6.45) is 11.8. The Hall–Kier alpha value is -0.774. The number of nitrogens with zero attached hydrogens (tertiary/aromatic N) is 3. The molecule has 1 amide bonds. The summed E-state index contributed by atoms with van der Waals surface area (Å²) >= 11 is 0. The fourth-order valence-corrected chi connectivity index (χ4v) is 4.24. The minimum atomic E-state index is -2.21. The molecule has 29 heavy (non-hydrogen) atoms. The second-order valence-electron chi connectivity index (χ2n) is 7.29. The summed E-state index contributed by atoms with van der Waals surface area (Å²) in [5.74, 6) is 0.266. The van der Waals surface area contributed by atoms with Crippen LogP contribution >= 0.6 is 0 Å². The Balaban J connectivity index is 0.00000300. The third-order valence-electron chi connectivity index (χ3n) is 5.52. The minimum Gasteiger partial charge on any atom is -0.420 e. The van der Waals surface area contributed by atoms with Gasteiger partial charge in [-0.1, -0.05) is 49.1 Å². The van der Waals surface area contributed by atoms with Gasteiger partial charge in [-0.2, -0.15) is 0 Å². The predicted molar refractivity (Wildman–Crippen MR) is 107 cm³/mol. The Morgan fingerprint density at radius 1 is 1.14 bits per heavy atom.